The van der Waals surface area contributed by atoms with Gasteiger partial charge in [-0.25, -0.2) is 9.67 Å². The number of ether oxygens (including phenoxy) is 1. The van der Waals surface area contributed by atoms with Crippen molar-refractivity contribution in [3.63, 3.8) is 0 Å². The summed E-state index contributed by atoms with van der Waals surface area (Å²) in [6.07, 6.45) is 6.43. The van der Waals surface area contributed by atoms with Gasteiger partial charge in [-0.1, -0.05) is 12.1 Å². The average molecular weight is 397 g/mol. The number of benzene rings is 1. The highest BCUT2D eigenvalue weighted by molar-refractivity contribution is 5.97. The summed E-state index contributed by atoms with van der Waals surface area (Å²) < 4.78 is 6.79. The van der Waals surface area contributed by atoms with E-state index < -0.39 is 0 Å². The first-order chi connectivity index (χ1) is 14.1. The third-order valence-corrected chi connectivity index (χ3v) is 6.06. The maximum absolute atomic E-state index is 13.4. The molecular weight excluding hydrogens is 370 g/mol. The third kappa shape index (κ3) is 4.03. The fourth-order valence-corrected chi connectivity index (χ4v) is 4.58. The third-order valence-electron chi connectivity index (χ3n) is 6.06. The van der Waals surface area contributed by atoms with Gasteiger partial charge in [0.05, 0.1) is 17.9 Å². The second kappa shape index (κ2) is 8.32. The van der Waals surface area contributed by atoms with Gasteiger partial charge < -0.3 is 14.5 Å². The number of likely N-dealkylation sites (tertiary alicyclic amines) is 2. The summed E-state index contributed by atoms with van der Waals surface area (Å²) >= 11 is 0. The fraction of sp³-hybridized carbons (Fsp3) is 0.524. The Morgan fingerprint density at radius 2 is 2.10 bits per heavy atom. The van der Waals surface area contributed by atoms with Crippen molar-refractivity contribution in [3.05, 3.63) is 42.5 Å². The highest BCUT2D eigenvalue weighted by Gasteiger charge is 2.42. The molecule has 2 aromatic rings. The minimum Gasteiger partial charge on any atom is -0.383 e. The lowest BCUT2D eigenvalue weighted by molar-refractivity contribution is -0.139. The first-order valence-electron chi connectivity index (χ1n) is 10.1. The number of hydrogen-bond acceptors (Lipinski definition) is 5. The minimum absolute atomic E-state index is 0.00974. The summed E-state index contributed by atoms with van der Waals surface area (Å²) in [6, 6.07) is 7.49. The monoisotopic (exact) mass is 397 g/mol. The average Bonchev–Trinajstić information content (AvgIpc) is 3.29. The largest absolute Gasteiger partial charge is 0.383 e. The number of aromatic nitrogens is 3. The molecule has 1 atom stereocenters. The Morgan fingerprint density at radius 3 is 2.90 bits per heavy atom. The quantitative estimate of drug-likeness (QED) is 0.768. The highest BCUT2D eigenvalue weighted by Crippen LogP contribution is 2.39. The standard InChI is InChI=1S/C21H27N5O3/c1-29-12-11-24-13-21(9-7-19(24)27)8-4-10-25(14-21)20(28)17-5-2-3-6-18(17)26-16-22-15-23-26/h2-3,5-6,15-16H,4,7-14H2,1H3. The van der Waals surface area contributed by atoms with E-state index in [0.29, 0.717) is 38.2 Å². The van der Waals surface area contributed by atoms with E-state index in [0.717, 1.165) is 31.5 Å². The maximum atomic E-state index is 13.4. The molecule has 29 heavy (non-hydrogen) atoms. The van der Waals surface area contributed by atoms with Crippen molar-refractivity contribution in [2.45, 2.75) is 25.7 Å². The Hall–Kier alpha value is -2.74. The van der Waals surface area contributed by atoms with Crippen LogP contribution >= 0.6 is 0 Å². The van der Waals surface area contributed by atoms with E-state index >= 15 is 0 Å². The molecule has 0 aliphatic carbocycles. The number of methoxy groups -OCH3 is 1. The van der Waals surface area contributed by atoms with Crippen LogP contribution in [0.3, 0.4) is 0 Å². The van der Waals surface area contributed by atoms with E-state index in [9.17, 15) is 9.59 Å². The molecule has 2 aliphatic rings. The molecule has 1 aromatic carbocycles. The van der Waals surface area contributed by atoms with Crippen LogP contribution in [0.15, 0.2) is 36.9 Å². The zero-order valence-corrected chi connectivity index (χ0v) is 16.8. The Kier molecular flexibility index (Phi) is 5.62. The SMILES string of the molecule is COCCN1CC2(CCCN(C(=O)c3ccccc3-n3cncn3)C2)CCC1=O. The molecule has 0 radical (unpaired) electrons. The molecular formula is C21H27N5O3. The molecule has 8 heteroatoms. The first kappa shape index (κ1) is 19.6. The molecule has 4 rings (SSSR count). The predicted molar refractivity (Wildman–Crippen MR) is 107 cm³/mol. The summed E-state index contributed by atoms with van der Waals surface area (Å²) in [5, 5.41) is 4.18. The van der Waals surface area contributed by atoms with Crippen LogP contribution in [0, 0.1) is 5.41 Å². The van der Waals surface area contributed by atoms with Gasteiger partial charge in [-0.15, -0.1) is 0 Å². The van der Waals surface area contributed by atoms with Crippen LogP contribution < -0.4 is 0 Å². The minimum atomic E-state index is -0.0300. The van der Waals surface area contributed by atoms with Crippen LogP contribution in [-0.2, 0) is 9.53 Å². The van der Waals surface area contributed by atoms with E-state index in [1.165, 1.54) is 6.33 Å². The van der Waals surface area contributed by atoms with Crippen LogP contribution in [0.5, 0.6) is 0 Å². The molecule has 1 spiro atoms. The molecule has 154 valence electrons. The van der Waals surface area contributed by atoms with Crippen molar-refractivity contribution < 1.29 is 14.3 Å². The van der Waals surface area contributed by atoms with Crippen molar-refractivity contribution in [1.29, 1.82) is 0 Å². The molecule has 1 aromatic heterocycles. The molecule has 1 unspecified atom stereocenters. The van der Waals surface area contributed by atoms with E-state index in [1.54, 1.807) is 18.1 Å². The zero-order chi connectivity index (χ0) is 20.3. The molecule has 0 N–H and O–H groups in total. The number of carbonyl (C=O) groups is 2. The second-order valence-corrected chi connectivity index (χ2v) is 8.00. The summed E-state index contributed by atoms with van der Waals surface area (Å²) in [5.41, 5.74) is 1.32. The van der Waals surface area contributed by atoms with Gasteiger partial charge in [0.1, 0.15) is 12.7 Å². The van der Waals surface area contributed by atoms with Gasteiger partial charge in [0, 0.05) is 45.1 Å². The summed E-state index contributed by atoms with van der Waals surface area (Å²) in [4.78, 5) is 33.6. The lowest BCUT2D eigenvalue weighted by atomic mass is 9.73. The lowest BCUT2D eigenvalue weighted by Crippen LogP contribution is -2.55. The smallest absolute Gasteiger partial charge is 0.256 e. The van der Waals surface area contributed by atoms with Crippen LogP contribution in [-0.4, -0.2) is 76.3 Å². The summed E-state index contributed by atoms with van der Waals surface area (Å²) in [7, 11) is 1.65. The van der Waals surface area contributed by atoms with Gasteiger partial charge in [0.25, 0.3) is 5.91 Å². The fourth-order valence-electron chi connectivity index (χ4n) is 4.58. The van der Waals surface area contributed by atoms with Crippen molar-refractivity contribution in [2.24, 2.45) is 5.41 Å². The maximum Gasteiger partial charge on any atom is 0.256 e. The van der Waals surface area contributed by atoms with Crippen LogP contribution in [0.4, 0.5) is 0 Å². The lowest BCUT2D eigenvalue weighted by Gasteiger charge is -2.48. The molecule has 2 fully saturated rings. The summed E-state index contributed by atoms with van der Waals surface area (Å²) in [6.45, 7) is 3.26. The van der Waals surface area contributed by atoms with Crippen LogP contribution in [0.25, 0.3) is 5.69 Å². The molecule has 0 bridgehead atoms. The van der Waals surface area contributed by atoms with E-state index in [2.05, 4.69) is 10.1 Å². The number of nitrogens with zero attached hydrogens (tertiary/aromatic N) is 5. The number of piperidine rings is 2. The number of hydrogen-bond donors (Lipinski definition) is 0. The molecule has 2 aliphatic heterocycles. The highest BCUT2D eigenvalue weighted by atomic mass is 16.5. The number of rotatable bonds is 5. The van der Waals surface area contributed by atoms with Gasteiger partial charge in [0.15, 0.2) is 0 Å². The van der Waals surface area contributed by atoms with E-state index in [4.69, 9.17) is 4.74 Å². The van der Waals surface area contributed by atoms with Crippen LogP contribution in [0.1, 0.15) is 36.0 Å². The Bertz CT molecular complexity index is 869. The van der Waals surface area contributed by atoms with Crippen molar-refractivity contribution >= 4 is 11.8 Å². The Labute approximate surface area is 170 Å². The van der Waals surface area contributed by atoms with Gasteiger partial charge in [-0.05, 0) is 31.4 Å². The Balaban J connectivity index is 1.53. The van der Waals surface area contributed by atoms with Crippen molar-refractivity contribution in [2.75, 3.05) is 39.9 Å². The topological polar surface area (TPSA) is 80.6 Å². The van der Waals surface area contributed by atoms with Gasteiger partial charge >= 0.3 is 0 Å². The second-order valence-electron chi connectivity index (χ2n) is 8.00. The number of amides is 2. The van der Waals surface area contributed by atoms with E-state index in [-0.39, 0.29) is 17.2 Å². The normalized spacial score (nSPS) is 22.3. The number of carbonyl (C=O) groups excluding carboxylic acids is 2. The number of para-hydroxylation sites is 1. The predicted octanol–water partition coefficient (Wildman–Crippen LogP) is 1.76. The van der Waals surface area contributed by atoms with E-state index in [1.807, 2.05) is 34.1 Å². The molecule has 8 nitrogen and oxygen atoms in total. The van der Waals surface area contributed by atoms with Crippen molar-refractivity contribution in [1.82, 2.24) is 24.6 Å². The van der Waals surface area contributed by atoms with Gasteiger partial charge in [0.2, 0.25) is 5.91 Å². The molecule has 2 saturated heterocycles. The molecule has 0 saturated carbocycles. The first-order valence-corrected chi connectivity index (χ1v) is 10.1. The zero-order valence-electron chi connectivity index (χ0n) is 16.8. The van der Waals surface area contributed by atoms with Crippen molar-refractivity contribution in [3.8, 4) is 5.69 Å². The Morgan fingerprint density at radius 1 is 1.24 bits per heavy atom. The molecule has 2 amide bonds. The van der Waals surface area contributed by atoms with Gasteiger partial charge in [-0.3, -0.25) is 9.59 Å². The molecule has 3 heterocycles. The summed E-state index contributed by atoms with van der Waals surface area (Å²) in [5.74, 6) is 0.197. The van der Waals surface area contributed by atoms with Gasteiger partial charge in [-0.2, -0.15) is 5.10 Å². The van der Waals surface area contributed by atoms with Crippen LogP contribution in [0.2, 0.25) is 0 Å².